The van der Waals surface area contributed by atoms with Crippen LogP contribution in [0.15, 0.2) is 51.6 Å². The summed E-state index contributed by atoms with van der Waals surface area (Å²) >= 11 is 6.20. The second-order valence-electron chi connectivity index (χ2n) is 6.15. The fourth-order valence-electron chi connectivity index (χ4n) is 3.09. The van der Waals surface area contributed by atoms with Crippen LogP contribution in [0.1, 0.15) is 20.3 Å². The van der Waals surface area contributed by atoms with Gasteiger partial charge in [0.05, 0.1) is 17.4 Å². The molecule has 0 amide bonds. The van der Waals surface area contributed by atoms with Gasteiger partial charge in [0.25, 0.3) is 0 Å². The van der Waals surface area contributed by atoms with E-state index in [0.29, 0.717) is 5.02 Å². The zero-order valence-electron chi connectivity index (χ0n) is 13.3. The summed E-state index contributed by atoms with van der Waals surface area (Å²) in [6.07, 6.45) is 5.37. The van der Waals surface area contributed by atoms with Crippen molar-refractivity contribution in [3.63, 3.8) is 0 Å². The van der Waals surface area contributed by atoms with Gasteiger partial charge in [0.1, 0.15) is 5.71 Å². The van der Waals surface area contributed by atoms with Crippen LogP contribution < -0.4 is 10.2 Å². The summed E-state index contributed by atoms with van der Waals surface area (Å²) in [7, 11) is 0. The van der Waals surface area contributed by atoms with Crippen molar-refractivity contribution in [1.82, 2.24) is 5.32 Å². The zero-order chi connectivity index (χ0) is 16.0. The molecule has 1 aromatic carbocycles. The van der Waals surface area contributed by atoms with Gasteiger partial charge in [0, 0.05) is 17.8 Å². The molecule has 4 nitrogen and oxygen atoms in total. The number of nitrogens with zero attached hydrogens (tertiary/aromatic N) is 3. The van der Waals surface area contributed by atoms with E-state index < -0.39 is 0 Å². The van der Waals surface area contributed by atoms with Crippen molar-refractivity contribution in [3.05, 3.63) is 46.6 Å². The van der Waals surface area contributed by atoms with Crippen LogP contribution in [0.25, 0.3) is 0 Å². The van der Waals surface area contributed by atoms with Gasteiger partial charge in [0.2, 0.25) is 0 Å². The Labute approximate surface area is 141 Å². The summed E-state index contributed by atoms with van der Waals surface area (Å²) in [5.74, 6) is 0.936. The minimum absolute atomic E-state index is 0.175. The van der Waals surface area contributed by atoms with Crippen molar-refractivity contribution in [2.24, 2.45) is 9.98 Å². The third-order valence-electron chi connectivity index (χ3n) is 4.54. The summed E-state index contributed by atoms with van der Waals surface area (Å²) in [6.45, 7) is 6.11. The highest BCUT2D eigenvalue weighted by Crippen LogP contribution is 2.39. The number of nitrogens with one attached hydrogen (secondary N) is 1. The molecule has 118 valence electrons. The molecule has 1 aromatic rings. The first-order valence-electron chi connectivity index (χ1n) is 7.97. The molecule has 3 heterocycles. The van der Waals surface area contributed by atoms with Crippen LogP contribution in [0.3, 0.4) is 0 Å². The molecule has 0 saturated heterocycles. The topological polar surface area (TPSA) is 40.0 Å². The molecule has 3 aliphatic rings. The highest BCUT2D eigenvalue weighted by molar-refractivity contribution is 6.54. The van der Waals surface area contributed by atoms with E-state index in [0.717, 1.165) is 42.4 Å². The normalized spacial score (nSPS) is 23.3. The average Bonchev–Trinajstić information content (AvgIpc) is 2.56. The third kappa shape index (κ3) is 2.52. The Balaban J connectivity index is 1.90. The van der Waals surface area contributed by atoms with Crippen LogP contribution in [0.4, 0.5) is 11.4 Å². The smallest absolute Gasteiger partial charge is 0.159 e. The molecule has 0 fully saturated rings. The number of hydrogen-bond acceptors (Lipinski definition) is 4. The van der Waals surface area contributed by atoms with Gasteiger partial charge in [-0.1, -0.05) is 17.7 Å². The van der Waals surface area contributed by atoms with Gasteiger partial charge in [-0.2, -0.15) is 0 Å². The van der Waals surface area contributed by atoms with Crippen LogP contribution in [-0.2, 0) is 0 Å². The average molecular weight is 327 g/mol. The lowest BCUT2D eigenvalue weighted by Gasteiger charge is -2.34. The Morgan fingerprint density at radius 1 is 1.35 bits per heavy atom. The van der Waals surface area contributed by atoms with Crippen LogP contribution >= 0.6 is 11.6 Å². The Kier molecular flexibility index (Phi) is 3.58. The summed E-state index contributed by atoms with van der Waals surface area (Å²) in [6, 6.07) is 6.01. The van der Waals surface area contributed by atoms with Crippen molar-refractivity contribution in [2.45, 2.75) is 26.3 Å². The molecule has 23 heavy (non-hydrogen) atoms. The number of hydrogen-bond donors (Lipinski definition) is 1. The number of benzene rings is 1. The zero-order valence-corrected chi connectivity index (χ0v) is 14.1. The molecule has 0 bridgehead atoms. The van der Waals surface area contributed by atoms with Crippen molar-refractivity contribution in [1.29, 1.82) is 0 Å². The monoisotopic (exact) mass is 326 g/mol. The van der Waals surface area contributed by atoms with Gasteiger partial charge in [0.15, 0.2) is 5.84 Å². The SMILES string of the molecule is CC1=CN2C(=NC1C)C(C1=CCNCC1)=Nc1ccc(Cl)cc12. The van der Waals surface area contributed by atoms with E-state index >= 15 is 0 Å². The van der Waals surface area contributed by atoms with Crippen LogP contribution in [0.5, 0.6) is 0 Å². The van der Waals surface area contributed by atoms with E-state index in [1.54, 1.807) is 0 Å². The molecule has 0 saturated carbocycles. The summed E-state index contributed by atoms with van der Waals surface area (Å²) in [5.41, 5.74) is 5.45. The van der Waals surface area contributed by atoms with Gasteiger partial charge in [-0.15, -0.1) is 0 Å². The van der Waals surface area contributed by atoms with Gasteiger partial charge in [-0.05, 0) is 56.2 Å². The fraction of sp³-hybridized carbons (Fsp3) is 0.333. The minimum atomic E-state index is 0.175. The van der Waals surface area contributed by atoms with Crippen molar-refractivity contribution >= 4 is 34.5 Å². The maximum Gasteiger partial charge on any atom is 0.159 e. The molecular weight excluding hydrogens is 308 g/mol. The van der Waals surface area contributed by atoms with Crippen molar-refractivity contribution in [2.75, 3.05) is 18.0 Å². The van der Waals surface area contributed by atoms with Crippen molar-refractivity contribution < 1.29 is 0 Å². The molecule has 5 heteroatoms. The van der Waals surface area contributed by atoms with E-state index in [4.69, 9.17) is 21.6 Å². The highest BCUT2D eigenvalue weighted by Gasteiger charge is 2.31. The Hall–Kier alpha value is -1.91. The minimum Gasteiger partial charge on any atom is -0.313 e. The maximum atomic E-state index is 6.20. The Bertz CT molecular complexity index is 788. The van der Waals surface area contributed by atoms with E-state index in [-0.39, 0.29) is 6.04 Å². The van der Waals surface area contributed by atoms with Crippen LogP contribution in [0.2, 0.25) is 5.02 Å². The van der Waals surface area contributed by atoms with Gasteiger partial charge in [-0.3, -0.25) is 9.89 Å². The number of halogens is 1. The molecule has 4 rings (SSSR count). The fourth-order valence-corrected chi connectivity index (χ4v) is 3.25. The lowest BCUT2D eigenvalue weighted by atomic mass is 9.98. The quantitative estimate of drug-likeness (QED) is 0.851. The predicted octanol–water partition coefficient (Wildman–Crippen LogP) is 3.86. The molecule has 0 aromatic heterocycles. The van der Waals surface area contributed by atoms with E-state index in [1.165, 1.54) is 11.1 Å². The lowest BCUT2D eigenvalue weighted by molar-refractivity contribution is 0.717. The van der Waals surface area contributed by atoms with E-state index in [1.807, 2.05) is 18.2 Å². The van der Waals surface area contributed by atoms with Crippen molar-refractivity contribution in [3.8, 4) is 0 Å². The summed E-state index contributed by atoms with van der Waals surface area (Å²) in [4.78, 5) is 12.0. The largest absolute Gasteiger partial charge is 0.313 e. The predicted molar refractivity (Wildman–Crippen MR) is 97.2 cm³/mol. The highest BCUT2D eigenvalue weighted by atomic mass is 35.5. The van der Waals surface area contributed by atoms with E-state index in [9.17, 15) is 0 Å². The Morgan fingerprint density at radius 3 is 3.00 bits per heavy atom. The van der Waals surface area contributed by atoms with Crippen LogP contribution in [0, 0.1) is 0 Å². The number of anilines is 1. The summed E-state index contributed by atoms with van der Waals surface area (Å²) < 4.78 is 0. The van der Waals surface area contributed by atoms with Crippen LogP contribution in [-0.4, -0.2) is 30.7 Å². The number of amidine groups is 1. The first-order chi connectivity index (χ1) is 11.1. The molecule has 0 aliphatic carbocycles. The number of aliphatic imine (C=N–C) groups is 2. The molecule has 1 unspecified atom stereocenters. The molecule has 1 atom stereocenters. The number of fused-ring (bicyclic) bond motifs is 3. The molecule has 1 N–H and O–H groups in total. The standard InChI is InChI=1S/C18H19ClN4/c1-11-10-23-16-9-14(19)3-4-15(16)22-17(18(23)21-12(11)2)13-5-7-20-8-6-13/h3-5,9-10,12,20H,6-8H2,1-2H3. The Morgan fingerprint density at radius 2 is 2.22 bits per heavy atom. The summed E-state index contributed by atoms with van der Waals surface area (Å²) in [5, 5.41) is 4.07. The maximum absolute atomic E-state index is 6.20. The molecule has 0 radical (unpaired) electrons. The second kappa shape index (κ2) is 5.62. The van der Waals surface area contributed by atoms with Gasteiger partial charge in [-0.25, -0.2) is 4.99 Å². The molecular formula is C18H19ClN4. The van der Waals surface area contributed by atoms with Gasteiger partial charge >= 0.3 is 0 Å². The molecule has 0 spiro atoms. The lowest BCUT2D eigenvalue weighted by Crippen LogP contribution is -2.41. The van der Waals surface area contributed by atoms with E-state index in [2.05, 4.69) is 36.3 Å². The first-order valence-corrected chi connectivity index (χ1v) is 8.35. The van der Waals surface area contributed by atoms with Gasteiger partial charge < -0.3 is 5.32 Å². The molecule has 3 aliphatic heterocycles. The first kappa shape index (κ1) is 14.7. The third-order valence-corrected chi connectivity index (χ3v) is 4.78. The second-order valence-corrected chi connectivity index (χ2v) is 6.59. The number of rotatable bonds is 1.